The smallest absolute Gasteiger partial charge is 0.356 e. The van der Waals surface area contributed by atoms with Crippen LogP contribution in [-0.4, -0.2) is 27.1 Å². The number of aromatic nitrogens is 2. The number of hydrogen-bond donors (Lipinski definition) is 2. The fraction of sp³-hybridized carbons (Fsp3) is 0.444. The van der Waals surface area contributed by atoms with E-state index in [1.807, 2.05) is 13.8 Å². The number of carbonyl (C=O) groups is 1. The van der Waals surface area contributed by atoms with Gasteiger partial charge in [0.25, 0.3) is 0 Å². The Morgan fingerprint density at radius 3 is 2.64 bits per heavy atom. The van der Waals surface area contributed by atoms with E-state index in [4.69, 9.17) is 5.11 Å². The van der Waals surface area contributed by atoms with Gasteiger partial charge in [-0.25, -0.2) is 9.78 Å². The van der Waals surface area contributed by atoms with Crippen LogP contribution in [0.15, 0.2) is 12.4 Å². The van der Waals surface area contributed by atoms with Crippen molar-refractivity contribution >= 4 is 5.97 Å². The summed E-state index contributed by atoms with van der Waals surface area (Å²) < 4.78 is 0. The zero-order valence-corrected chi connectivity index (χ0v) is 8.19. The Labute approximate surface area is 82.2 Å². The van der Waals surface area contributed by atoms with E-state index in [0.29, 0.717) is 12.6 Å². The third-order valence-electron chi connectivity index (χ3n) is 1.62. The summed E-state index contributed by atoms with van der Waals surface area (Å²) in [6.07, 6.45) is 2.73. The summed E-state index contributed by atoms with van der Waals surface area (Å²) in [4.78, 5) is 18.2. The van der Waals surface area contributed by atoms with E-state index in [1.54, 1.807) is 0 Å². The van der Waals surface area contributed by atoms with E-state index in [2.05, 4.69) is 15.3 Å². The van der Waals surface area contributed by atoms with E-state index >= 15 is 0 Å². The number of carboxylic acid groups (broad SMARTS) is 1. The van der Waals surface area contributed by atoms with Crippen LogP contribution >= 0.6 is 0 Å². The van der Waals surface area contributed by atoms with Gasteiger partial charge in [0.05, 0.1) is 18.1 Å². The van der Waals surface area contributed by atoms with Crippen molar-refractivity contribution in [1.29, 1.82) is 0 Å². The normalized spacial score (nSPS) is 10.5. The maximum atomic E-state index is 10.5. The number of rotatable bonds is 4. The molecule has 5 heteroatoms. The lowest BCUT2D eigenvalue weighted by Crippen LogP contribution is -2.22. The van der Waals surface area contributed by atoms with Gasteiger partial charge in [-0.15, -0.1) is 0 Å². The van der Waals surface area contributed by atoms with Gasteiger partial charge in [-0.2, -0.15) is 0 Å². The molecule has 76 valence electrons. The molecule has 0 spiro atoms. The van der Waals surface area contributed by atoms with Crippen LogP contribution in [0.3, 0.4) is 0 Å². The van der Waals surface area contributed by atoms with Crippen LogP contribution in [0.5, 0.6) is 0 Å². The minimum absolute atomic E-state index is 0.0294. The fourth-order valence-electron chi connectivity index (χ4n) is 0.865. The second-order valence-electron chi connectivity index (χ2n) is 3.23. The molecule has 0 radical (unpaired) electrons. The van der Waals surface area contributed by atoms with Crippen LogP contribution in [0.25, 0.3) is 0 Å². The standard InChI is InChI=1S/C9H13N3O2/c1-6(2)10-3-7-4-12-8(5-11-7)9(13)14/h4-6,10H,3H2,1-2H3,(H,13,14). The molecule has 5 nitrogen and oxygen atoms in total. The van der Waals surface area contributed by atoms with Crippen LogP contribution in [0.1, 0.15) is 30.0 Å². The predicted octanol–water partition coefficient (Wildman–Crippen LogP) is 0.673. The zero-order valence-electron chi connectivity index (χ0n) is 8.19. The van der Waals surface area contributed by atoms with Crippen LogP contribution in [0.4, 0.5) is 0 Å². The highest BCUT2D eigenvalue weighted by Gasteiger charge is 2.04. The van der Waals surface area contributed by atoms with Gasteiger partial charge in [0, 0.05) is 12.6 Å². The molecule has 0 fully saturated rings. The fourth-order valence-corrected chi connectivity index (χ4v) is 0.865. The van der Waals surface area contributed by atoms with Crippen molar-refractivity contribution in [2.24, 2.45) is 0 Å². The lowest BCUT2D eigenvalue weighted by molar-refractivity contribution is 0.0690. The average Bonchev–Trinajstić information content (AvgIpc) is 2.15. The SMILES string of the molecule is CC(C)NCc1cnc(C(=O)O)cn1. The monoisotopic (exact) mass is 195 g/mol. The molecule has 0 aliphatic heterocycles. The second-order valence-corrected chi connectivity index (χ2v) is 3.23. The lowest BCUT2D eigenvalue weighted by atomic mass is 10.3. The quantitative estimate of drug-likeness (QED) is 0.738. The molecule has 1 rings (SSSR count). The summed E-state index contributed by atoms with van der Waals surface area (Å²) in [6.45, 7) is 4.66. The van der Waals surface area contributed by atoms with Gasteiger partial charge in [-0.3, -0.25) is 4.98 Å². The topological polar surface area (TPSA) is 75.1 Å². The molecule has 0 aliphatic rings. The van der Waals surface area contributed by atoms with Crippen molar-refractivity contribution in [3.05, 3.63) is 23.8 Å². The highest BCUT2D eigenvalue weighted by molar-refractivity contribution is 5.84. The van der Waals surface area contributed by atoms with Gasteiger partial charge in [0.1, 0.15) is 0 Å². The van der Waals surface area contributed by atoms with Gasteiger partial charge in [0.2, 0.25) is 0 Å². The molecular formula is C9H13N3O2. The minimum Gasteiger partial charge on any atom is -0.476 e. The molecule has 0 aromatic carbocycles. The van der Waals surface area contributed by atoms with E-state index in [0.717, 1.165) is 5.69 Å². The molecule has 0 unspecified atom stereocenters. The molecule has 1 aromatic rings. The summed E-state index contributed by atoms with van der Waals surface area (Å²) >= 11 is 0. The first kappa shape index (κ1) is 10.6. The Morgan fingerprint density at radius 1 is 1.50 bits per heavy atom. The highest BCUT2D eigenvalue weighted by Crippen LogP contribution is 1.95. The van der Waals surface area contributed by atoms with E-state index in [-0.39, 0.29) is 5.69 Å². The van der Waals surface area contributed by atoms with Crippen molar-refractivity contribution < 1.29 is 9.90 Å². The summed E-state index contributed by atoms with van der Waals surface area (Å²) in [7, 11) is 0. The molecule has 1 aromatic heterocycles. The van der Waals surface area contributed by atoms with Crippen LogP contribution in [-0.2, 0) is 6.54 Å². The molecule has 14 heavy (non-hydrogen) atoms. The largest absolute Gasteiger partial charge is 0.476 e. The van der Waals surface area contributed by atoms with E-state index < -0.39 is 5.97 Å². The van der Waals surface area contributed by atoms with Gasteiger partial charge in [-0.05, 0) is 0 Å². The highest BCUT2D eigenvalue weighted by atomic mass is 16.4. The predicted molar refractivity (Wildman–Crippen MR) is 51.0 cm³/mol. The second kappa shape index (κ2) is 4.66. The number of nitrogens with one attached hydrogen (secondary N) is 1. The first-order valence-corrected chi connectivity index (χ1v) is 4.37. The summed E-state index contributed by atoms with van der Waals surface area (Å²) in [6, 6.07) is 0.371. The van der Waals surface area contributed by atoms with Gasteiger partial charge >= 0.3 is 5.97 Å². The number of nitrogens with zero attached hydrogens (tertiary/aromatic N) is 2. The number of hydrogen-bond acceptors (Lipinski definition) is 4. The summed E-state index contributed by atoms with van der Waals surface area (Å²) in [5, 5.41) is 11.7. The molecule has 0 saturated heterocycles. The molecule has 2 N–H and O–H groups in total. The van der Waals surface area contributed by atoms with E-state index in [9.17, 15) is 4.79 Å². The first-order chi connectivity index (χ1) is 6.59. The Kier molecular flexibility index (Phi) is 3.53. The Bertz CT molecular complexity index is 308. The molecular weight excluding hydrogens is 182 g/mol. The van der Waals surface area contributed by atoms with Crippen molar-refractivity contribution in [2.45, 2.75) is 26.4 Å². The zero-order chi connectivity index (χ0) is 10.6. The minimum atomic E-state index is -1.05. The van der Waals surface area contributed by atoms with Crippen LogP contribution in [0, 0.1) is 0 Å². The molecule has 0 atom stereocenters. The lowest BCUT2D eigenvalue weighted by Gasteiger charge is -2.06. The van der Waals surface area contributed by atoms with Crippen molar-refractivity contribution in [3.8, 4) is 0 Å². The van der Waals surface area contributed by atoms with E-state index in [1.165, 1.54) is 12.4 Å². The van der Waals surface area contributed by atoms with Crippen LogP contribution < -0.4 is 5.32 Å². The Morgan fingerprint density at radius 2 is 2.21 bits per heavy atom. The number of aromatic carboxylic acids is 1. The maximum absolute atomic E-state index is 10.5. The van der Waals surface area contributed by atoms with Crippen LogP contribution in [0.2, 0.25) is 0 Å². The molecule has 0 aliphatic carbocycles. The van der Waals surface area contributed by atoms with Crippen molar-refractivity contribution in [3.63, 3.8) is 0 Å². The van der Waals surface area contributed by atoms with Gasteiger partial charge < -0.3 is 10.4 Å². The van der Waals surface area contributed by atoms with Crippen molar-refractivity contribution in [1.82, 2.24) is 15.3 Å². The average molecular weight is 195 g/mol. The summed E-state index contributed by atoms with van der Waals surface area (Å²) in [5.41, 5.74) is 0.710. The third kappa shape index (κ3) is 3.10. The van der Waals surface area contributed by atoms with Crippen molar-refractivity contribution in [2.75, 3.05) is 0 Å². The summed E-state index contributed by atoms with van der Waals surface area (Å²) in [5.74, 6) is -1.05. The molecule has 0 saturated carbocycles. The van der Waals surface area contributed by atoms with Gasteiger partial charge in [0.15, 0.2) is 5.69 Å². The molecule has 0 amide bonds. The molecule has 0 bridgehead atoms. The Hall–Kier alpha value is -1.49. The maximum Gasteiger partial charge on any atom is 0.356 e. The van der Waals surface area contributed by atoms with Gasteiger partial charge in [-0.1, -0.05) is 13.8 Å². The molecule has 1 heterocycles. The number of carboxylic acids is 1. The Balaban J connectivity index is 2.60. The first-order valence-electron chi connectivity index (χ1n) is 4.37. The third-order valence-corrected chi connectivity index (χ3v) is 1.62.